The highest BCUT2D eigenvalue weighted by Gasteiger charge is 2.25. The summed E-state index contributed by atoms with van der Waals surface area (Å²) in [5.41, 5.74) is 1.67. The van der Waals surface area contributed by atoms with Crippen LogP contribution in [0.25, 0.3) is 0 Å². The summed E-state index contributed by atoms with van der Waals surface area (Å²) < 4.78 is 0. The van der Waals surface area contributed by atoms with Gasteiger partial charge in [-0.1, -0.05) is 53.2 Å². The number of nitrogens with one attached hydrogen (secondary N) is 1. The van der Waals surface area contributed by atoms with E-state index in [2.05, 4.69) is 46.5 Å². The molecule has 0 amide bonds. The molecule has 0 saturated carbocycles. The lowest BCUT2D eigenvalue weighted by atomic mass is 9.77. The van der Waals surface area contributed by atoms with Crippen LogP contribution in [-0.4, -0.2) is 12.6 Å². The molecule has 1 atom stereocenters. The number of rotatable bonds is 7. The van der Waals surface area contributed by atoms with Crippen LogP contribution in [0, 0.1) is 5.41 Å². The lowest BCUT2D eigenvalue weighted by molar-refractivity contribution is 0.319. The minimum Gasteiger partial charge on any atom is -0.314 e. The van der Waals surface area contributed by atoms with E-state index >= 15 is 0 Å². The fourth-order valence-corrected chi connectivity index (χ4v) is 1.80. The molecule has 0 bridgehead atoms. The van der Waals surface area contributed by atoms with Gasteiger partial charge in [-0.25, -0.2) is 0 Å². The monoisotopic (exact) mass is 197 g/mol. The quantitative estimate of drug-likeness (QED) is 0.613. The van der Waals surface area contributed by atoms with Gasteiger partial charge in [0, 0.05) is 18.0 Å². The minimum atomic E-state index is 0.285. The Morgan fingerprint density at radius 2 is 1.93 bits per heavy atom. The topological polar surface area (TPSA) is 12.0 Å². The molecule has 0 aromatic carbocycles. The molecule has 84 valence electrons. The van der Waals surface area contributed by atoms with Gasteiger partial charge in [0.05, 0.1) is 0 Å². The molecule has 0 aliphatic rings. The summed E-state index contributed by atoms with van der Waals surface area (Å²) in [6, 6.07) is 0.566. The Hall–Kier alpha value is -0.300. The van der Waals surface area contributed by atoms with E-state index < -0.39 is 0 Å². The van der Waals surface area contributed by atoms with Gasteiger partial charge in [0.2, 0.25) is 0 Å². The van der Waals surface area contributed by atoms with Gasteiger partial charge in [0.15, 0.2) is 0 Å². The summed E-state index contributed by atoms with van der Waals surface area (Å²) in [6.45, 7) is 16.4. The first-order chi connectivity index (χ1) is 6.46. The van der Waals surface area contributed by atoms with E-state index in [4.69, 9.17) is 0 Å². The van der Waals surface area contributed by atoms with Crippen LogP contribution in [0.15, 0.2) is 12.2 Å². The molecule has 0 aromatic heterocycles. The normalized spacial score (nSPS) is 15.6. The molecule has 0 aliphatic heterocycles. The van der Waals surface area contributed by atoms with Crippen LogP contribution >= 0.6 is 0 Å². The average Bonchev–Trinajstić information content (AvgIpc) is 2.14. The lowest BCUT2D eigenvalue weighted by Gasteiger charge is -2.32. The largest absolute Gasteiger partial charge is 0.314 e. The Morgan fingerprint density at radius 1 is 1.36 bits per heavy atom. The van der Waals surface area contributed by atoms with Crippen LogP contribution in [0.4, 0.5) is 0 Å². The first-order valence-electron chi connectivity index (χ1n) is 5.88. The maximum Gasteiger partial charge on any atom is 0.00448 e. The summed E-state index contributed by atoms with van der Waals surface area (Å²) in [5, 5.41) is 3.53. The molecule has 1 heteroatoms. The van der Waals surface area contributed by atoms with Crippen molar-refractivity contribution in [1.29, 1.82) is 0 Å². The first kappa shape index (κ1) is 13.7. The van der Waals surface area contributed by atoms with Crippen LogP contribution in [0.2, 0.25) is 0 Å². The molecule has 14 heavy (non-hydrogen) atoms. The van der Waals surface area contributed by atoms with E-state index in [1.807, 2.05) is 0 Å². The third-order valence-corrected chi connectivity index (χ3v) is 2.98. The lowest BCUT2D eigenvalue weighted by Crippen LogP contribution is -2.36. The van der Waals surface area contributed by atoms with Gasteiger partial charge in [-0.3, -0.25) is 0 Å². The van der Waals surface area contributed by atoms with Gasteiger partial charge in [0.25, 0.3) is 0 Å². The molecule has 0 radical (unpaired) electrons. The van der Waals surface area contributed by atoms with Crippen molar-refractivity contribution in [2.24, 2.45) is 5.41 Å². The van der Waals surface area contributed by atoms with Gasteiger partial charge in [-0.2, -0.15) is 0 Å². The summed E-state index contributed by atoms with van der Waals surface area (Å²) in [5.74, 6) is 0. The second-order valence-electron chi connectivity index (χ2n) is 4.80. The summed E-state index contributed by atoms with van der Waals surface area (Å²) in [7, 11) is 0. The maximum absolute atomic E-state index is 4.20. The molecule has 0 fully saturated rings. The molecule has 0 aromatic rings. The Kier molecular flexibility index (Phi) is 6.10. The highest BCUT2D eigenvalue weighted by Crippen LogP contribution is 2.32. The van der Waals surface area contributed by atoms with E-state index in [9.17, 15) is 0 Å². The van der Waals surface area contributed by atoms with Gasteiger partial charge in [0.1, 0.15) is 0 Å². The smallest absolute Gasteiger partial charge is 0.00448 e. The van der Waals surface area contributed by atoms with Gasteiger partial charge in [-0.05, 0) is 12.8 Å². The van der Waals surface area contributed by atoms with Crippen molar-refractivity contribution < 1.29 is 0 Å². The number of hydrogen-bond acceptors (Lipinski definition) is 1. The predicted octanol–water partition coefficient (Wildman–Crippen LogP) is 3.76. The van der Waals surface area contributed by atoms with Crippen molar-refractivity contribution in [3.63, 3.8) is 0 Å². The molecule has 0 heterocycles. The van der Waals surface area contributed by atoms with Crippen LogP contribution in [0.1, 0.15) is 53.9 Å². The standard InChI is InChI=1S/C13H27N/c1-7-9-13(6,12(5)8-2)10-14-11(3)4/h11,14H,5,7-10H2,1-4,6H3. The van der Waals surface area contributed by atoms with Crippen molar-refractivity contribution in [3.8, 4) is 0 Å². The first-order valence-corrected chi connectivity index (χ1v) is 5.88. The second kappa shape index (κ2) is 6.23. The molecule has 1 nitrogen and oxygen atoms in total. The van der Waals surface area contributed by atoms with Crippen molar-refractivity contribution in [3.05, 3.63) is 12.2 Å². The fourth-order valence-electron chi connectivity index (χ4n) is 1.80. The van der Waals surface area contributed by atoms with E-state index in [0.29, 0.717) is 6.04 Å². The van der Waals surface area contributed by atoms with Crippen LogP contribution < -0.4 is 5.32 Å². The highest BCUT2D eigenvalue weighted by molar-refractivity contribution is 5.09. The zero-order valence-electron chi connectivity index (χ0n) is 10.6. The molecule has 0 spiro atoms. The van der Waals surface area contributed by atoms with Crippen molar-refractivity contribution >= 4 is 0 Å². The van der Waals surface area contributed by atoms with Crippen molar-refractivity contribution in [1.82, 2.24) is 5.32 Å². The molecule has 1 unspecified atom stereocenters. The van der Waals surface area contributed by atoms with E-state index in [1.54, 1.807) is 0 Å². The van der Waals surface area contributed by atoms with Crippen molar-refractivity contribution in [2.45, 2.75) is 59.9 Å². The third-order valence-electron chi connectivity index (χ3n) is 2.98. The van der Waals surface area contributed by atoms with E-state index in [0.717, 1.165) is 13.0 Å². The molecule has 1 N–H and O–H groups in total. The molecular formula is C13H27N. The molecule has 0 aliphatic carbocycles. The van der Waals surface area contributed by atoms with Crippen LogP contribution in [-0.2, 0) is 0 Å². The van der Waals surface area contributed by atoms with Gasteiger partial charge in [-0.15, -0.1) is 0 Å². The Morgan fingerprint density at radius 3 is 2.29 bits per heavy atom. The predicted molar refractivity (Wildman–Crippen MR) is 65.6 cm³/mol. The SMILES string of the molecule is C=C(CC)C(C)(CCC)CNC(C)C. The molecule has 0 rings (SSSR count). The fraction of sp³-hybridized carbons (Fsp3) is 0.846. The Labute approximate surface area is 90.0 Å². The second-order valence-corrected chi connectivity index (χ2v) is 4.80. The van der Waals surface area contributed by atoms with Crippen molar-refractivity contribution in [2.75, 3.05) is 6.54 Å². The Balaban J connectivity index is 4.30. The molecular weight excluding hydrogens is 170 g/mol. The third kappa shape index (κ3) is 4.28. The van der Waals surface area contributed by atoms with Gasteiger partial charge >= 0.3 is 0 Å². The van der Waals surface area contributed by atoms with E-state index in [1.165, 1.54) is 18.4 Å². The summed E-state index contributed by atoms with van der Waals surface area (Å²) in [6.07, 6.45) is 3.56. The van der Waals surface area contributed by atoms with Crippen LogP contribution in [0.5, 0.6) is 0 Å². The summed E-state index contributed by atoms with van der Waals surface area (Å²) >= 11 is 0. The van der Waals surface area contributed by atoms with E-state index in [-0.39, 0.29) is 5.41 Å². The van der Waals surface area contributed by atoms with Crippen LogP contribution in [0.3, 0.4) is 0 Å². The minimum absolute atomic E-state index is 0.285. The van der Waals surface area contributed by atoms with Gasteiger partial charge < -0.3 is 5.32 Å². The molecule has 0 saturated heterocycles. The maximum atomic E-state index is 4.20. The average molecular weight is 197 g/mol. The number of hydrogen-bond donors (Lipinski definition) is 1. The highest BCUT2D eigenvalue weighted by atomic mass is 14.9. The zero-order chi connectivity index (χ0) is 11.2. The summed E-state index contributed by atoms with van der Waals surface area (Å²) in [4.78, 5) is 0. The zero-order valence-corrected chi connectivity index (χ0v) is 10.6. The Bertz CT molecular complexity index is 172.